The number of nitrogens with one attached hydrogen (secondary N) is 2. The van der Waals surface area contributed by atoms with Crippen LogP contribution in [0.25, 0.3) is 0 Å². The highest BCUT2D eigenvalue weighted by molar-refractivity contribution is 5.85. The molecule has 0 spiro atoms. The molecule has 1 fully saturated rings. The summed E-state index contributed by atoms with van der Waals surface area (Å²) < 4.78 is 10.7. The lowest BCUT2D eigenvalue weighted by Crippen LogP contribution is -2.27. The van der Waals surface area contributed by atoms with Crippen LogP contribution in [0.3, 0.4) is 0 Å². The number of anilines is 2. The molecule has 5 nitrogen and oxygen atoms in total. The fourth-order valence-corrected chi connectivity index (χ4v) is 2.36. The van der Waals surface area contributed by atoms with E-state index in [1.165, 1.54) is 0 Å². The molecule has 1 saturated heterocycles. The van der Waals surface area contributed by atoms with Crippen molar-refractivity contribution in [2.75, 3.05) is 23.8 Å². The first kappa shape index (κ1) is 16.6. The molecule has 1 aliphatic rings. The molecular formula is C17H26N2O3. The van der Waals surface area contributed by atoms with Crippen molar-refractivity contribution in [1.29, 1.82) is 0 Å². The molecule has 122 valence electrons. The average molecular weight is 306 g/mol. The molecule has 5 heteroatoms. The topological polar surface area (TPSA) is 59.6 Å². The van der Waals surface area contributed by atoms with E-state index < -0.39 is 11.7 Å². The molecule has 22 heavy (non-hydrogen) atoms. The van der Waals surface area contributed by atoms with Crippen LogP contribution in [0.2, 0.25) is 0 Å². The Morgan fingerprint density at radius 1 is 1.14 bits per heavy atom. The van der Waals surface area contributed by atoms with Gasteiger partial charge in [0.15, 0.2) is 0 Å². The largest absolute Gasteiger partial charge is 0.444 e. The molecular weight excluding hydrogens is 280 g/mol. The van der Waals surface area contributed by atoms with Gasteiger partial charge < -0.3 is 14.8 Å². The maximum absolute atomic E-state index is 11.7. The number of hydrogen-bond donors (Lipinski definition) is 2. The maximum Gasteiger partial charge on any atom is 0.412 e. The molecule has 0 saturated carbocycles. The summed E-state index contributed by atoms with van der Waals surface area (Å²) in [5.74, 6) is 0. The van der Waals surface area contributed by atoms with Crippen LogP contribution in [0.4, 0.5) is 16.2 Å². The zero-order valence-corrected chi connectivity index (χ0v) is 13.6. The van der Waals surface area contributed by atoms with Gasteiger partial charge in [-0.1, -0.05) is 0 Å². The molecule has 0 aromatic heterocycles. The molecule has 1 atom stereocenters. The summed E-state index contributed by atoms with van der Waals surface area (Å²) in [7, 11) is 0. The van der Waals surface area contributed by atoms with Crippen LogP contribution in [0.5, 0.6) is 0 Å². The van der Waals surface area contributed by atoms with Crippen molar-refractivity contribution in [3.8, 4) is 0 Å². The van der Waals surface area contributed by atoms with Crippen LogP contribution in [-0.4, -0.2) is 30.9 Å². The lowest BCUT2D eigenvalue weighted by atomic mass is 10.1. The van der Waals surface area contributed by atoms with E-state index in [1.807, 2.05) is 45.0 Å². The third kappa shape index (κ3) is 5.93. The van der Waals surface area contributed by atoms with Gasteiger partial charge in [0.05, 0.1) is 0 Å². The number of carbonyl (C=O) groups excluding carboxylic acids is 1. The number of amides is 1. The summed E-state index contributed by atoms with van der Waals surface area (Å²) in [6, 6.07) is 8.14. The van der Waals surface area contributed by atoms with E-state index in [0.29, 0.717) is 6.04 Å². The van der Waals surface area contributed by atoms with Crippen molar-refractivity contribution in [2.45, 2.75) is 51.7 Å². The highest BCUT2D eigenvalue weighted by Crippen LogP contribution is 2.19. The van der Waals surface area contributed by atoms with Crippen LogP contribution in [0.1, 0.15) is 40.0 Å². The summed E-state index contributed by atoms with van der Waals surface area (Å²) in [5.41, 5.74) is 1.29. The maximum atomic E-state index is 11.7. The molecule has 1 amide bonds. The van der Waals surface area contributed by atoms with E-state index in [0.717, 1.165) is 43.9 Å². The van der Waals surface area contributed by atoms with Crippen LogP contribution in [0.15, 0.2) is 24.3 Å². The van der Waals surface area contributed by atoms with Gasteiger partial charge in [-0.15, -0.1) is 0 Å². The number of hydrogen-bond acceptors (Lipinski definition) is 4. The predicted molar refractivity (Wildman–Crippen MR) is 88.4 cm³/mol. The third-order valence-corrected chi connectivity index (χ3v) is 3.35. The summed E-state index contributed by atoms with van der Waals surface area (Å²) in [6.07, 6.45) is 2.81. The van der Waals surface area contributed by atoms with Crippen molar-refractivity contribution in [3.05, 3.63) is 24.3 Å². The van der Waals surface area contributed by atoms with Gasteiger partial charge in [-0.05, 0) is 64.3 Å². The number of rotatable bonds is 3. The molecule has 0 aliphatic carbocycles. The zero-order chi connectivity index (χ0) is 16.0. The van der Waals surface area contributed by atoms with Gasteiger partial charge in [-0.3, -0.25) is 5.32 Å². The summed E-state index contributed by atoms with van der Waals surface area (Å²) in [6.45, 7) is 7.20. The molecule has 2 N–H and O–H groups in total. The second-order valence-corrected chi connectivity index (χ2v) is 6.59. The van der Waals surface area contributed by atoms with Gasteiger partial charge in [0.1, 0.15) is 5.60 Å². The zero-order valence-electron chi connectivity index (χ0n) is 13.6. The number of benzene rings is 1. The Labute approximate surface area is 132 Å². The number of ether oxygens (including phenoxy) is 2. The second-order valence-electron chi connectivity index (χ2n) is 6.59. The van der Waals surface area contributed by atoms with Crippen LogP contribution in [0, 0.1) is 0 Å². The van der Waals surface area contributed by atoms with Crippen LogP contribution >= 0.6 is 0 Å². The van der Waals surface area contributed by atoms with Gasteiger partial charge in [-0.2, -0.15) is 0 Å². The summed E-state index contributed by atoms with van der Waals surface area (Å²) in [5, 5.41) is 6.25. The van der Waals surface area contributed by atoms with Crippen molar-refractivity contribution in [2.24, 2.45) is 0 Å². The predicted octanol–water partition coefficient (Wildman–Crippen LogP) is 4.01. The minimum absolute atomic E-state index is 0.436. The van der Waals surface area contributed by atoms with E-state index in [1.54, 1.807) is 0 Å². The van der Waals surface area contributed by atoms with Gasteiger partial charge in [-0.25, -0.2) is 4.79 Å². The Morgan fingerprint density at radius 2 is 1.82 bits per heavy atom. The quantitative estimate of drug-likeness (QED) is 0.885. The standard InChI is InChI=1S/C17H26N2O3/c1-17(2,3)22-16(20)19-15-8-6-14(7-9-15)18-13-5-4-11-21-12-10-13/h6-9,13,18H,4-5,10-12H2,1-3H3,(H,19,20). The molecule has 0 radical (unpaired) electrons. The second kappa shape index (κ2) is 7.49. The minimum Gasteiger partial charge on any atom is -0.444 e. The molecule has 1 unspecified atom stereocenters. The van der Waals surface area contributed by atoms with E-state index in [9.17, 15) is 4.79 Å². The lowest BCUT2D eigenvalue weighted by molar-refractivity contribution is 0.0636. The fourth-order valence-electron chi connectivity index (χ4n) is 2.36. The Balaban J connectivity index is 1.85. The van der Waals surface area contributed by atoms with E-state index in [-0.39, 0.29) is 0 Å². The highest BCUT2D eigenvalue weighted by Gasteiger charge is 2.16. The van der Waals surface area contributed by atoms with E-state index in [4.69, 9.17) is 9.47 Å². The first-order valence-electron chi connectivity index (χ1n) is 7.87. The van der Waals surface area contributed by atoms with Crippen molar-refractivity contribution < 1.29 is 14.3 Å². The average Bonchev–Trinajstić information content (AvgIpc) is 2.67. The highest BCUT2D eigenvalue weighted by atomic mass is 16.6. The summed E-state index contributed by atoms with van der Waals surface area (Å²) >= 11 is 0. The molecule has 1 aliphatic heterocycles. The first-order valence-corrected chi connectivity index (χ1v) is 7.87. The van der Waals surface area contributed by atoms with Crippen molar-refractivity contribution in [3.63, 3.8) is 0 Å². The minimum atomic E-state index is -0.493. The van der Waals surface area contributed by atoms with Gasteiger partial charge in [0, 0.05) is 30.6 Å². The van der Waals surface area contributed by atoms with E-state index >= 15 is 0 Å². The Bertz CT molecular complexity index is 472. The van der Waals surface area contributed by atoms with Gasteiger partial charge in [0.25, 0.3) is 0 Å². The molecule has 1 heterocycles. The Kier molecular flexibility index (Phi) is 5.66. The smallest absolute Gasteiger partial charge is 0.412 e. The fraction of sp³-hybridized carbons (Fsp3) is 0.588. The van der Waals surface area contributed by atoms with Gasteiger partial charge >= 0.3 is 6.09 Å². The first-order chi connectivity index (χ1) is 10.4. The van der Waals surface area contributed by atoms with Crippen LogP contribution < -0.4 is 10.6 Å². The lowest BCUT2D eigenvalue weighted by Gasteiger charge is -2.20. The van der Waals surface area contributed by atoms with E-state index in [2.05, 4.69) is 10.6 Å². The molecule has 0 bridgehead atoms. The molecule has 1 aromatic carbocycles. The summed E-state index contributed by atoms with van der Waals surface area (Å²) in [4.78, 5) is 11.7. The number of carbonyl (C=O) groups is 1. The van der Waals surface area contributed by atoms with Crippen LogP contribution in [-0.2, 0) is 9.47 Å². The van der Waals surface area contributed by atoms with Crippen molar-refractivity contribution in [1.82, 2.24) is 0 Å². The normalized spacial score (nSPS) is 19.1. The molecule has 2 rings (SSSR count). The SMILES string of the molecule is CC(C)(C)OC(=O)Nc1ccc(NC2CCCOCC2)cc1. The monoisotopic (exact) mass is 306 g/mol. The molecule has 1 aromatic rings. The van der Waals surface area contributed by atoms with Gasteiger partial charge in [0.2, 0.25) is 0 Å². The Hall–Kier alpha value is -1.75. The van der Waals surface area contributed by atoms with Crippen molar-refractivity contribution >= 4 is 17.5 Å². The third-order valence-electron chi connectivity index (χ3n) is 3.35. The Morgan fingerprint density at radius 3 is 2.50 bits per heavy atom.